The molecule has 0 fully saturated rings. The molecule has 1 aromatic rings. The van der Waals surface area contributed by atoms with Crippen LogP contribution >= 0.6 is 0 Å². The molecule has 0 aromatic heterocycles. The van der Waals surface area contributed by atoms with Gasteiger partial charge in [0.25, 0.3) is 0 Å². The van der Waals surface area contributed by atoms with Gasteiger partial charge >= 0.3 is 6.36 Å². The molecule has 0 aliphatic carbocycles. The summed E-state index contributed by atoms with van der Waals surface area (Å²) in [5.41, 5.74) is 5.09. The number of nitrogens with two attached hydrogens (primary N) is 1. The monoisotopic (exact) mass is 248 g/mol. The molecule has 0 radical (unpaired) electrons. The molecule has 7 heteroatoms. The lowest BCUT2D eigenvalue weighted by molar-refractivity contribution is -0.275. The molecule has 0 spiro atoms. The molecular weight excluding hydrogens is 237 g/mol. The van der Waals surface area contributed by atoms with Gasteiger partial charge in [-0.25, -0.2) is 0 Å². The van der Waals surface area contributed by atoms with Gasteiger partial charge in [-0.2, -0.15) is 0 Å². The summed E-state index contributed by atoms with van der Waals surface area (Å²) in [5.74, 6) is -0.547. The van der Waals surface area contributed by atoms with Crippen molar-refractivity contribution in [2.45, 2.75) is 12.8 Å². The highest BCUT2D eigenvalue weighted by molar-refractivity contribution is 5.76. The van der Waals surface area contributed by atoms with Crippen LogP contribution in [0.15, 0.2) is 24.3 Å². The van der Waals surface area contributed by atoms with Gasteiger partial charge in [-0.3, -0.25) is 5.41 Å². The Morgan fingerprint density at radius 3 is 2.35 bits per heavy atom. The zero-order valence-corrected chi connectivity index (χ0v) is 8.75. The largest absolute Gasteiger partial charge is 0.573 e. The predicted octanol–water partition coefficient (Wildman–Crippen LogP) is 2.29. The fourth-order valence-corrected chi connectivity index (χ4v) is 1.05. The molecule has 1 aromatic carbocycles. The maximum Gasteiger partial charge on any atom is 0.573 e. The standard InChI is InChI=1S/C10H11F3N2O2/c11-10(12,13)17-8-4-2-1-3-7(8)16-6-5-9(14)15/h1-4H,5-6H2,(H3,14,15). The first-order valence-corrected chi connectivity index (χ1v) is 4.69. The highest BCUT2D eigenvalue weighted by Gasteiger charge is 2.32. The minimum Gasteiger partial charge on any atom is -0.489 e. The molecule has 1 rings (SSSR count). The highest BCUT2D eigenvalue weighted by atomic mass is 19.4. The van der Waals surface area contributed by atoms with Gasteiger partial charge in [-0.15, -0.1) is 13.2 Å². The molecule has 0 aliphatic rings. The number of alkyl halides is 3. The van der Waals surface area contributed by atoms with Gasteiger partial charge in [-0.05, 0) is 12.1 Å². The van der Waals surface area contributed by atoms with Crippen molar-refractivity contribution in [3.8, 4) is 11.5 Å². The van der Waals surface area contributed by atoms with E-state index in [9.17, 15) is 13.2 Å². The van der Waals surface area contributed by atoms with Crippen LogP contribution in [0.2, 0.25) is 0 Å². The van der Waals surface area contributed by atoms with Gasteiger partial charge in [0.05, 0.1) is 12.4 Å². The van der Waals surface area contributed by atoms with Crippen molar-refractivity contribution in [2.24, 2.45) is 5.73 Å². The van der Waals surface area contributed by atoms with Crippen molar-refractivity contribution in [2.75, 3.05) is 6.61 Å². The molecule has 0 saturated heterocycles. The second-order valence-electron chi connectivity index (χ2n) is 3.12. The van der Waals surface area contributed by atoms with E-state index in [0.29, 0.717) is 0 Å². The number of amidine groups is 1. The Kier molecular flexibility index (Phi) is 4.19. The number of hydrogen-bond donors (Lipinski definition) is 2. The SMILES string of the molecule is N=C(N)CCOc1ccccc1OC(F)(F)F. The Balaban J connectivity index is 2.67. The Hall–Kier alpha value is -1.92. The van der Waals surface area contributed by atoms with Crippen molar-refractivity contribution < 1.29 is 22.6 Å². The second kappa shape index (κ2) is 5.42. The van der Waals surface area contributed by atoms with E-state index in [4.69, 9.17) is 15.9 Å². The van der Waals surface area contributed by atoms with Crippen LogP contribution in [-0.4, -0.2) is 18.8 Å². The van der Waals surface area contributed by atoms with E-state index in [0.717, 1.165) is 6.07 Å². The number of benzene rings is 1. The fraction of sp³-hybridized carbons (Fsp3) is 0.300. The van der Waals surface area contributed by atoms with Crippen molar-refractivity contribution in [1.82, 2.24) is 0 Å². The number of nitrogens with one attached hydrogen (secondary N) is 1. The van der Waals surface area contributed by atoms with Crippen LogP contribution < -0.4 is 15.2 Å². The minimum atomic E-state index is -4.76. The number of rotatable bonds is 5. The summed E-state index contributed by atoms with van der Waals surface area (Å²) in [6, 6.07) is 5.42. The maximum absolute atomic E-state index is 12.0. The van der Waals surface area contributed by atoms with E-state index in [1.807, 2.05) is 0 Å². The van der Waals surface area contributed by atoms with Crippen LogP contribution in [0.5, 0.6) is 11.5 Å². The summed E-state index contributed by atoms with van der Waals surface area (Å²) in [4.78, 5) is 0. The molecule has 0 atom stereocenters. The van der Waals surface area contributed by atoms with Crippen molar-refractivity contribution in [3.63, 3.8) is 0 Å². The van der Waals surface area contributed by atoms with Crippen LogP contribution in [0.3, 0.4) is 0 Å². The zero-order chi connectivity index (χ0) is 12.9. The maximum atomic E-state index is 12.0. The van der Waals surface area contributed by atoms with Crippen molar-refractivity contribution in [1.29, 1.82) is 5.41 Å². The molecule has 0 aliphatic heterocycles. The summed E-state index contributed by atoms with van der Waals surface area (Å²) < 4.78 is 44.9. The van der Waals surface area contributed by atoms with Crippen LogP contribution in [0, 0.1) is 5.41 Å². The van der Waals surface area contributed by atoms with Gasteiger partial charge in [0.2, 0.25) is 0 Å². The van der Waals surface area contributed by atoms with E-state index in [1.54, 1.807) is 0 Å². The quantitative estimate of drug-likeness (QED) is 0.620. The van der Waals surface area contributed by atoms with Crippen LogP contribution in [0.25, 0.3) is 0 Å². The van der Waals surface area contributed by atoms with E-state index >= 15 is 0 Å². The summed E-state index contributed by atoms with van der Waals surface area (Å²) >= 11 is 0. The Morgan fingerprint density at radius 1 is 1.24 bits per heavy atom. The lowest BCUT2D eigenvalue weighted by atomic mass is 10.3. The van der Waals surface area contributed by atoms with Gasteiger partial charge < -0.3 is 15.2 Å². The molecule has 94 valence electrons. The summed E-state index contributed by atoms with van der Waals surface area (Å²) in [5, 5.41) is 6.94. The molecule has 17 heavy (non-hydrogen) atoms. The molecule has 0 unspecified atom stereocenters. The summed E-state index contributed by atoms with van der Waals surface area (Å²) in [6.45, 7) is 0.0214. The van der Waals surface area contributed by atoms with E-state index < -0.39 is 12.1 Å². The Bertz CT molecular complexity index is 393. The lowest BCUT2D eigenvalue weighted by Gasteiger charge is -2.13. The highest BCUT2D eigenvalue weighted by Crippen LogP contribution is 2.31. The van der Waals surface area contributed by atoms with Gasteiger partial charge in [0, 0.05) is 6.42 Å². The third-order valence-electron chi connectivity index (χ3n) is 1.70. The van der Waals surface area contributed by atoms with E-state index in [1.165, 1.54) is 18.2 Å². The molecule has 0 heterocycles. The smallest absolute Gasteiger partial charge is 0.489 e. The molecule has 0 amide bonds. The first-order chi connectivity index (χ1) is 7.88. The average molecular weight is 248 g/mol. The van der Waals surface area contributed by atoms with Gasteiger partial charge in [0.1, 0.15) is 0 Å². The lowest BCUT2D eigenvalue weighted by Crippen LogP contribution is -2.18. The summed E-state index contributed by atoms with van der Waals surface area (Å²) in [6.07, 6.45) is -4.62. The predicted molar refractivity (Wildman–Crippen MR) is 55.2 cm³/mol. The van der Waals surface area contributed by atoms with Crippen molar-refractivity contribution >= 4 is 5.84 Å². The van der Waals surface area contributed by atoms with E-state index in [2.05, 4.69) is 4.74 Å². The number of ether oxygens (including phenoxy) is 2. The topological polar surface area (TPSA) is 68.3 Å². The molecule has 4 nitrogen and oxygen atoms in total. The van der Waals surface area contributed by atoms with Gasteiger partial charge in [-0.1, -0.05) is 12.1 Å². The average Bonchev–Trinajstić information content (AvgIpc) is 2.17. The summed E-state index contributed by atoms with van der Waals surface area (Å²) in [7, 11) is 0. The number of hydrogen-bond acceptors (Lipinski definition) is 3. The Morgan fingerprint density at radius 2 is 1.82 bits per heavy atom. The Labute approximate surface area is 95.6 Å². The number of para-hydroxylation sites is 2. The van der Waals surface area contributed by atoms with E-state index in [-0.39, 0.29) is 24.6 Å². The first kappa shape index (κ1) is 13.1. The van der Waals surface area contributed by atoms with Crippen LogP contribution in [0.1, 0.15) is 6.42 Å². The van der Waals surface area contributed by atoms with Crippen LogP contribution in [-0.2, 0) is 0 Å². The normalized spacial score (nSPS) is 11.0. The number of halogens is 3. The third kappa shape index (κ3) is 5.10. The zero-order valence-electron chi connectivity index (χ0n) is 8.75. The molecule has 0 saturated carbocycles. The fourth-order valence-electron chi connectivity index (χ4n) is 1.05. The van der Waals surface area contributed by atoms with Crippen LogP contribution in [0.4, 0.5) is 13.2 Å². The molecular formula is C10H11F3N2O2. The van der Waals surface area contributed by atoms with Gasteiger partial charge in [0.15, 0.2) is 11.5 Å². The first-order valence-electron chi connectivity index (χ1n) is 4.69. The minimum absolute atomic E-state index is 0.0214. The third-order valence-corrected chi connectivity index (χ3v) is 1.70. The second-order valence-corrected chi connectivity index (χ2v) is 3.12. The van der Waals surface area contributed by atoms with Crippen molar-refractivity contribution in [3.05, 3.63) is 24.3 Å². The molecule has 0 bridgehead atoms. The molecule has 3 N–H and O–H groups in total.